The Balaban J connectivity index is 1.82. The van der Waals surface area contributed by atoms with Crippen LogP contribution in [-0.4, -0.2) is 21.9 Å². The zero-order valence-electron chi connectivity index (χ0n) is 12.1. The second-order valence-corrected chi connectivity index (χ2v) is 7.61. The number of nitrogens with one attached hydrogen (secondary N) is 1. The van der Waals surface area contributed by atoms with Crippen LogP contribution in [-0.2, 0) is 0 Å². The van der Waals surface area contributed by atoms with Crippen molar-refractivity contribution in [3.05, 3.63) is 34.9 Å². The maximum atomic E-state index is 4.78. The van der Waals surface area contributed by atoms with Gasteiger partial charge in [0.1, 0.15) is 0 Å². The quantitative estimate of drug-likeness (QED) is 0.839. The van der Waals surface area contributed by atoms with E-state index in [4.69, 9.17) is 4.99 Å². The van der Waals surface area contributed by atoms with E-state index in [1.54, 1.807) is 11.8 Å². The van der Waals surface area contributed by atoms with Gasteiger partial charge in [-0.25, -0.2) is 0 Å². The Morgan fingerprint density at radius 2 is 2.29 bits per heavy atom. The highest BCUT2D eigenvalue weighted by Crippen LogP contribution is 2.28. The number of rotatable bonds is 3. The summed E-state index contributed by atoms with van der Waals surface area (Å²) in [6.45, 7) is 4.50. The fourth-order valence-corrected chi connectivity index (χ4v) is 3.81. The van der Waals surface area contributed by atoms with Crippen LogP contribution in [0.15, 0.2) is 39.9 Å². The average Bonchev–Trinajstić information content (AvgIpc) is 2.85. The van der Waals surface area contributed by atoms with Crippen molar-refractivity contribution in [2.75, 3.05) is 11.1 Å². The van der Waals surface area contributed by atoms with Gasteiger partial charge in [-0.3, -0.25) is 9.98 Å². The first-order valence-corrected chi connectivity index (χ1v) is 8.91. The van der Waals surface area contributed by atoms with Crippen molar-refractivity contribution in [2.45, 2.75) is 26.3 Å². The number of aliphatic imine (C=N–C) groups is 1. The number of hydrogen-bond donors (Lipinski definition) is 1. The van der Waals surface area contributed by atoms with Crippen LogP contribution >= 0.6 is 27.7 Å². The van der Waals surface area contributed by atoms with Crippen LogP contribution in [0.2, 0.25) is 0 Å². The summed E-state index contributed by atoms with van der Waals surface area (Å²) in [6.07, 6.45) is 2.98. The number of amidine groups is 1. The van der Waals surface area contributed by atoms with Gasteiger partial charge in [0.2, 0.25) is 0 Å². The molecule has 1 aromatic carbocycles. The van der Waals surface area contributed by atoms with Gasteiger partial charge in [-0.05, 0) is 40.4 Å². The van der Waals surface area contributed by atoms with E-state index >= 15 is 0 Å². The number of thioether (sulfide) groups is 1. The first kappa shape index (κ1) is 14.9. The topological polar surface area (TPSA) is 37.3 Å². The number of hydrogen-bond acceptors (Lipinski definition) is 4. The number of pyridine rings is 1. The minimum absolute atomic E-state index is 0.439. The van der Waals surface area contributed by atoms with Gasteiger partial charge in [0.05, 0.1) is 17.2 Å². The van der Waals surface area contributed by atoms with E-state index in [0.717, 1.165) is 38.4 Å². The second-order valence-electron chi connectivity index (χ2n) is 5.68. The molecule has 3 rings (SSSR count). The van der Waals surface area contributed by atoms with Crippen LogP contribution in [0.1, 0.15) is 20.3 Å². The van der Waals surface area contributed by atoms with Crippen molar-refractivity contribution in [2.24, 2.45) is 10.9 Å². The van der Waals surface area contributed by atoms with Gasteiger partial charge >= 0.3 is 0 Å². The number of aromatic nitrogens is 1. The molecule has 110 valence electrons. The van der Waals surface area contributed by atoms with E-state index in [2.05, 4.69) is 58.3 Å². The molecule has 21 heavy (non-hydrogen) atoms. The average molecular weight is 364 g/mol. The van der Waals surface area contributed by atoms with Crippen molar-refractivity contribution in [3.63, 3.8) is 0 Å². The summed E-state index contributed by atoms with van der Waals surface area (Å²) in [6, 6.07) is 8.70. The molecule has 1 unspecified atom stereocenters. The lowest BCUT2D eigenvalue weighted by Crippen LogP contribution is -2.08. The van der Waals surface area contributed by atoms with Crippen LogP contribution < -0.4 is 5.32 Å². The summed E-state index contributed by atoms with van der Waals surface area (Å²) in [7, 11) is 0. The van der Waals surface area contributed by atoms with Gasteiger partial charge in [0, 0.05) is 21.8 Å². The maximum absolute atomic E-state index is 4.78. The van der Waals surface area contributed by atoms with Crippen LogP contribution in [0.4, 0.5) is 5.69 Å². The third-order valence-electron chi connectivity index (χ3n) is 3.37. The number of para-hydroxylation sites is 1. The van der Waals surface area contributed by atoms with Crippen molar-refractivity contribution >= 4 is 49.4 Å². The Hall–Kier alpha value is -1.07. The maximum Gasteiger partial charge on any atom is 0.161 e. The molecule has 1 aromatic heterocycles. The molecule has 0 saturated carbocycles. The van der Waals surface area contributed by atoms with Crippen LogP contribution in [0, 0.1) is 5.92 Å². The van der Waals surface area contributed by atoms with Crippen LogP contribution in [0.5, 0.6) is 0 Å². The molecule has 1 N–H and O–H groups in total. The van der Waals surface area contributed by atoms with Gasteiger partial charge in [0.15, 0.2) is 5.17 Å². The summed E-state index contributed by atoms with van der Waals surface area (Å²) in [5.74, 6) is 1.76. The molecule has 0 spiro atoms. The normalized spacial score (nSPS) is 18.3. The van der Waals surface area contributed by atoms with E-state index < -0.39 is 0 Å². The molecule has 0 radical (unpaired) electrons. The fourth-order valence-electron chi connectivity index (χ4n) is 2.50. The van der Waals surface area contributed by atoms with E-state index in [-0.39, 0.29) is 0 Å². The molecule has 1 aliphatic rings. The summed E-state index contributed by atoms with van der Waals surface area (Å²) in [5.41, 5.74) is 2.01. The number of benzene rings is 1. The van der Waals surface area contributed by atoms with Gasteiger partial charge in [-0.1, -0.05) is 37.7 Å². The zero-order chi connectivity index (χ0) is 14.8. The Labute approximate surface area is 137 Å². The third kappa shape index (κ3) is 3.58. The molecule has 1 atom stereocenters. The Morgan fingerprint density at radius 3 is 3.10 bits per heavy atom. The van der Waals surface area contributed by atoms with Crippen molar-refractivity contribution in [1.82, 2.24) is 4.98 Å². The largest absolute Gasteiger partial charge is 0.333 e. The molecule has 0 saturated heterocycles. The summed E-state index contributed by atoms with van der Waals surface area (Å²) in [4.78, 5) is 9.30. The molecule has 1 aliphatic heterocycles. The standard InChI is InChI=1S/C16H18BrN3S/c1-10(2)6-13-9-21-16(19-13)20-14-5-3-4-11-7-12(17)8-18-15(11)14/h3-5,7-8,10,13H,6,9H2,1-2H3,(H,19,20). The predicted molar refractivity (Wildman–Crippen MR) is 96.2 cm³/mol. The molecular formula is C16H18BrN3S. The monoisotopic (exact) mass is 363 g/mol. The van der Waals surface area contributed by atoms with Crippen LogP contribution in [0.25, 0.3) is 10.9 Å². The van der Waals surface area contributed by atoms with Gasteiger partial charge in [-0.15, -0.1) is 0 Å². The van der Waals surface area contributed by atoms with E-state index in [1.165, 1.54) is 0 Å². The fraction of sp³-hybridized carbons (Fsp3) is 0.375. The number of anilines is 1. The highest BCUT2D eigenvalue weighted by Gasteiger charge is 2.19. The molecule has 3 nitrogen and oxygen atoms in total. The minimum Gasteiger partial charge on any atom is -0.333 e. The number of halogens is 1. The smallest absolute Gasteiger partial charge is 0.161 e. The Kier molecular flexibility index (Phi) is 4.50. The first-order chi connectivity index (χ1) is 10.1. The molecule has 0 amide bonds. The molecule has 2 heterocycles. The highest BCUT2D eigenvalue weighted by atomic mass is 79.9. The molecule has 0 fully saturated rings. The Bertz CT molecular complexity index is 684. The van der Waals surface area contributed by atoms with Gasteiger partial charge in [0.25, 0.3) is 0 Å². The van der Waals surface area contributed by atoms with Crippen LogP contribution in [0.3, 0.4) is 0 Å². The molecule has 0 bridgehead atoms. The van der Waals surface area contributed by atoms with Crippen molar-refractivity contribution < 1.29 is 0 Å². The lowest BCUT2D eigenvalue weighted by Gasteiger charge is -2.08. The van der Waals surface area contributed by atoms with Gasteiger partial charge < -0.3 is 5.32 Å². The summed E-state index contributed by atoms with van der Waals surface area (Å²) in [5, 5.41) is 5.58. The zero-order valence-corrected chi connectivity index (χ0v) is 14.5. The molecule has 0 aliphatic carbocycles. The van der Waals surface area contributed by atoms with E-state index in [9.17, 15) is 0 Å². The van der Waals surface area contributed by atoms with Crippen molar-refractivity contribution in [1.29, 1.82) is 0 Å². The highest BCUT2D eigenvalue weighted by molar-refractivity contribution is 9.10. The predicted octanol–water partition coefficient (Wildman–Crippen LogP) is 4.93. The molecular weight excluding hydrogens is 346 g/mol. The SMILES string of the molecule is CC(C)CC1CSC(Nc2cccc3cc(Br)cnc23)=N1. The minimum atomic E-state index is 0.439. The lowest BCUT2D eigenvalue weighted by molar-refractivity contribution is 0.529. The van der Waals surface area contributed by atoms with E-state index in [0.29, 0.717) is 12.0 Å². The van der Waals surface area contributed by atoms with E-state index in [1.807, 2.05) is 12.3 Å². The second kappa shape index (κ2) is 6.36. The first-order valence-electron chi connectivity index (χ1n) is 7.13. The Morgan fingerprint density at radius 1 is 1.43 bits per heavy atom. The molecule has 5 heteroatoms. The summed E-state index contributed by atoms with van der Waals surface area (Å²) < 4.78 is 0.997. The molecule has 2 aromatic rings. The van der Waals surface area contributed by atoms with Gasteiger partial charge in [-0.2, -0.15) is 0 Å². The number of nitrogens with zero attached hydrogens (tertiary/aromatic N) is 2. The third-order valence-corrected chi connectivity index (χ3v) is 4.84. The summed E-state index contributed by atoms with van der Waals surface area (Å²) >= 11 is 5.27. The lowest BCUT2D eigenvalue weighted by atomic mass is 10.1. The number of fused-ring (bicyclic) bond motifs is 1. The van der Waals surface area contributed by atoms with Crippen molar-refractivity contribution in [3.8, 4) is 0 Å².